The van der Waals surface area contributed by atoms with Gasteiger partial charge in [-0.25, -0.2) is 0 Å². The molecule has 14 heavy (non-hydrogen) atoms. The van der Waals surface area contributed by atoms with Gasteiger partial charge >= 0.3 is 0 Å². The molecular formula is C12H27NO. The molecule has 0 bridgehead atoms. The van der Waals surface area contributed by atoms with Crippen molar-refractivity contribution >= 4 is 0 Å². The maximum atomic E-state index is 8.90. The molecule has 0 radical (unpaired) electrons. The Balaban J connectivity index is 3.41. The van der Waals surface area contributed by atoms with E-state index in [2.05, 4.69) is 25.9 Å². The monoisotopic (exact) mass is 201 g/mol. The van der Waals surface area contributed by atoms with E-state index in [1.807, 2.05) is 0 Å². The average molecular weight is 201 g/mol. The van der Waals surface area contributed by atoms with Crippen LogP contribution in [0.1, 0.15) is 51.9 Å². The number of aliphatic hydroxyl groups excluding tert-OH is 1. The zero-order valence-corrected chi connectivity index (χ0v) is 10.1. The maximum absolute atomic E-state index is 8.90. The first-order valence-corrected chi connectivity index (χ1v) is 5.99. The van der Waals surface area contributed by atoms with Crippen LogP contribution in [0.5, 0.6) is 0 Å². The Kier molecular flexibility index (Phi) is 9.42. The summed E-state index contributed by atoms with van der Waals surface area (Å²) in [5.74, 6) is 0. The van der Waals surface area contributed by atoms with Gasteiger partial charge in [-0.15, -0.1) is 0 Å². The fourth-order valence-corrected chi connectivity index (χ4v) is 1.79. The van der Waals surface area contributed by atoms with Gasteiger partial charge in [0.2, 0.25) is 0 Å². The van der Waals surface area contributed by atoms with Gasteiger partial charge in [0.1, 0.15) is 0 Å². The lowest BCUT2D eigenvalue weighted by molar-refractivity contribution is 0.198. The number of aliphatic hydroxyl groups is 1. The highest BCUT2D eigenvalue weighted by Crippen LogP contribution is 2.12. The summed E-state index contributed by atoms with van der Waals surface area (Å²) < 4.78 is 0. The van der Waals surface area contributed by atoms with Crippen LogP contribution in [0, 0.1) is 0 Å². The molecule has 0 aliphatic heterocycles. The Morgan fingerprint density at radius 1 is 1.00 bits per heavy atom. The number of unbranched alkanes of at least 4 members (excludes halogenated alkanes) is 4. The van der Waals surface area contributed by atoms with Crippen molar-refractivity contribution in [2.75, 3.05) is 20.7 Å². The Bertz CT molecular complexity index is 115. The van der Waals surface area contributed by atoms with Gasteiger partial charge in [0.05, 0.1) is 0 Å². The van der Waals surface area contributed by atoms with Gasteiger partial charge in [-0.1, -0.05) is 39.0 Å². The fourth-order valence-electron chi connectivity index (χ4n) is 1.79. The lowest BCUT2D eigenvalue weighted by Gasteiger charge is -2.23. The normalized spacial score (nSPS) is 13.5. The lowest BCUT2D eigenvalue weighted by atomic mass is 10.0. The lowest BCUT2D eigenvalue weighted by Crippen LogP contribution is -2.28. The van der Waals surface area contributed by atoms with Crippen molar-refractivity contribution < 1.29 is 5.11 Å². The van der Waals surface area contributed by atoms with Gasteiger partial charge in [0.25, 0.3) is 0 Å². The molecule has 1 N–H and O–H groups in total. The third-order valence-electron chi connectivity index (χ3n) is 2.83. The molecule has 0 aromatic heterocycles. The molecule has 0 aliphatic carbocycles. The second-order valence-corrected chi connectivity index (χ2v) is 4.33. The van der Waals surface area contributed by atoms with E-state index >= 15 is 0 Å². The zero-order valence-electron chi connectivity index (χ0n) is 10.1. The van der Waals surface area contributed by atoms with Gasteiger partial charge < -0.3 is 10.0 Å². The molecule has 1 atom stereocenters. The number of rotatable bonds is 9. The zero-order chi connectivity index (χ0) is 10.8. The van der Waals surface area contributed by atoms with Crippen LogP contribution in [-0.2, 0) is 0 Å². The highest BCUT2D eigenvalue weighted by Gasteiger charge is 2.09. The van der Waals surface area contributed by atoms with Crippen LogP contribution in [0.4, 0.5) is 0 Å². The van der Waals surface area contributed by atoms with Crippen LogP contribution < -0.4 is 0 Å². The Hall–Kier alpha value is -0.0800. The van der Waals surface area contributed by atoms with Crippen molar-refractivity contribution in [1.82, 2.24) is 4.90 Å². The summed E-state index contributed by atoms with van der Waals surface area (Å²) in [5.41, 5.74) is 0. The molecule has 0 fully saturated rings. The predicted molar refractivity (Wildman–Crippen MR) is 62.6 cm³/mol. The van der Waals surface area contributed by atoms with Gasteiger partial charge in [-0.3, -0.25) is 0 Å². The van der Waals surface area contributed by atoms with Gasteiger partial charge in [0, 0.05) is 12.6 Å². The van der Waals surface area contributed by atoms with Crippen LogP contribution in [0.2, 0.25) is 0 Å². The second kappa shape index (κ2) is 9.47. The summed E-state index contributed by atoms with van der Waals surface area (Å²) in [7, 11) is 4.21. The summed E-state index contributed by atoms with van der Waals surface area (Å²) >= 11 is 0. The highest BCUT2D eigenvalue weighted by molar-refractivity contribution is 4.65. The maximum Gasteiger partial charge on any atom is 0.0445 e. The largest absolute Gasteiger partial charge is 0.396 e. The summed E-state index contributed by atoms with van der Waals surface area (Å²) in [6.07, 6.45) is 8.86. The third kappa shape index (κ3) is 7.34. The molecule has 86 valence electrons. The van der Waals surface area contributed by atoms with E-state index in [1.54, 1.807) is 0 Å². The van der Waals surface area contributed by atoms with Crippen molar-refractivity contribution in [2.24, 2.45) is 0 Å². The van der Waals surface area contributed by atoms with Gasteiger partial charge in [0.15, 0.2) is 0 Å². The van der Waals surface area contributed by atoms with Crippen molar-refractivity contribution in [3.63, 3.8) is 0 Å². The molecule has 0 aromatic rings. The average Bonchev–Trinajstić information content (AvgIpc) is 2.15. The molecule has 0 heterocycles. The third-order valence-corrected chi connectivity index (χ3v) is 2.83. The van der Waals surface area contributed by atoms with E-state index in [-0.39, 0.29) is 0 Å². The number of hydrogen-bond donors (Lipinski definition) is 1. The number of hydrogen-bond acceptors (Lipinski definition) is 2. The molecule has 2 heteroatoms. The predicted octanol–water partition coefficient (Wildman–Crippen LogP) is 2.66. The topological polar surface area (TPSA) is 23.5 Å². The first-order chi connectivity index (χ1) is 6.72. The standard InChI is InChI=1S/C12H27NO/c1-4-5-6-7-8-9-12(10-11-14)13(2)3/h12,14H,4-11H2,1-3H3. The molecule has 2 nitrogen and oxygen atoms in total. The molecule has 0 saturated heterocycles. The molecular weight excluding hydrogens is 174 g/mol. The van der Waals surface area contributed by atoms with E-state index in [1.165, 1.54) is 38.5 Å². The summed E-state index contributed by atoms with van der Waals surface area (Å²) in [6, 6.07) is 0.571. The molecule has 0 rings (SSSR count). The molecule has 1 unspecified atom stereocenters. The SMILES string of the molecule is CCCCCCCC(CCO)N(C)C. The highest BCUT2D eigenvalue weighted by atomic mass is 16.3. The minimum absolute atomic E-state index is 0.317. The van der Waals surface area contributed by atoms with Crippen LogP contribution in [0.3, 0.4) is 0 Å². The van der Waals surface area contributed by atoms with Gasteiger partial charge in [-0.2, -0.15) is 0 Å². The summed E-state index contributed by atoms with van der Waals surface area (Å²) in [4.78, 5) is 2.23. The van der Waals surface area contributed by atoms with E-state index < -0.39 is 0 Å². The first-order valence-electron chi connectivity index (χ1n) is 5.99. The second-order valence-electron chi connectivity index (χ2n) is 4.33. The molecule has 0 amide bonds. The van der Waals surface area contributed by atoms with E-state index in [9.17, 15) is 0 Å². The van der Waals surface area contributed by atoms with E-state index in [0.717, 1.165) is 6.42 Å². The smallest absolute Gasteiger partial charge is 0.0445 e. The Labute approximate surface area is 89.3 Å². The minimum Gasteiger partial charge on any atom is -0.396 e. The Morgan fingerprint density at radius 2 is 1.64 bits per heavy atom. The Morgan fingerprint density at radius 3 is 2.14 bits per heavy atom. The van der Waals surface area contributed by atoms with Crippen molar-refractivity contribution in [2.45, 2.75) is 57.9 Å². The molecule has 0 spiro atoms. The summed E-state index contributed by atoms with van der Waals surface area (Å²) in [6.45, 7) is 2.56. The van der Waals surface area contributed by atoms with Crippen LogP contribution >= 0.6 is 0 Å². The van der Waals surface area contributed by atoms with E-state index in [4.69, 9.17) is 5.11 Å². The minimum atomic E-state index is 0.317. The molecule has 0 aromatic carbocycles. The van der Waals surface area contributed by atoms with Gasteiger partial charge in [-0.05, 0) is 26.9 Å². The van der Waals surface area contributed by atoms with Crippen molar-refractivity contribution in [1.29, 1.82) is 0 Å². The van der Waals surface area contributed by atoms with E-state index in [0.29, 0.717) is 12.6 Å². The van der Waals surface area contributed by atoms with Crippen LogP contribution in [0.25, 0.3) is 0 Å². The molecule has 0 aliphatic rings. The molecule has 0 saturated carbocycles. The van der Waals surface area contributed by atoms with Crippen molar-refractivity contribution in [3.05, 3.63) is 0 Å². The quantitative estimate of drug-likeness (QED) is 0.580. The van der Waals surface area contributed by atoms with Crippen LogP contribution in [-0.4, -0.2) is 36.8 Å². The van der Waals surface area contributed by atoms with Crippen LogP contribution in [0.15, 0.2) is 0 Å². The fraction of sp³-hybridized carbons (Fsp3) is 1.00. The number of nitrogens with zero attached hydrogens (tertiary/aromatic N) is 1. The van der Waals surface area contributed by atoms with Crippen molar-refractivity contribution in [3.8, 4) is 0 Å². The summed E-state index contributed by atoms with van der Waals surface area (Å²) in [5, 5.41) is 8.90. The first kappa shape index (κ1) is 13.9.